The summed E-state index contributed by atoms with van der Waals surface area (Å²) in [5, 5.41) is 4.33. The molecule has 5 rings (SSSR count). The minimum atomic E-state index is -0.310. The number of nitrogens with zero attached hydrogens (tertiary/aromatic N) is 7. The number of carbonyl (C=O) groups excluding carboxylic acids is 1. The fourth-order valence-electron chi connectivity index (χ4n) is 4.38. The van der Waals surface area contributed by atoms with Gasteiger partial charge in [0.15, 0.2) is 17.0 Å². The van der Waals surface area contributed by atoms with Crippen LogP contribution in [0.15, 0.2) is 67.0 Å². The Bertz CT molecular complexity index is 1560. The van der Waals surface area contributed by atoms with Crippen LogP contribution in [0.4, 0.5) is 11.8 Å². The van der Waals surface area contributed by atoms with Gasteiger partial charge in [-0.15, -0.1) is 0 Å². The van der Waals surface area contributed by atoms with Gasteiger partial charge in [0.1, 0.15) is 11.5 Å². The van der Waals surface area contributed by atoms with Crippen molar-refractivity contribution in [3.63, 3.8) is 0 Å². The highest BCUT2D eigenvalue weighted by Crippen LogP contribution is 2.28. The number of methoxy groups -OCH3 is 2. The van der Waals surface area contributed by atoms with E-state index in [2.05, 4.69) is 17.0 Å². The molecule has 3 heterocycles. The molecule has 1 amide bonds. The number of carbonyl (C=O) groups is 1. The molecule has 0 unspecified atom stereocenters. The van der Waals surface area contributed by atoms with Gasteiger partial charge in [-0.3, -0.25) is 14.3 Å². The average molecular weight is 527 g/mol. The van der Waals surface area contributed by atoms with Crippen LogP contribution in [0.1, 0.15) is 29.3 Å². The molecule has 11 nitrogen and oxygen atoms in total. The first-order valence-corrected chi connectivity index (χ1v) is 12.6. The second-order valence-corrected chi connectivity index (χ2v) is 8.89. The second kappa shape index (κ2) is 11.2. The Morgan fingerprint density at radius 3 is 2.38 bits per heavy atom. The smallest absolute Gasteiger partial charge is 0.260 e. The lowest BCUT2D eigenvalue weighted by molar-refractivity contribution is 0.0985. The number of ether oxygens (including phenoxy) is 2. The van der Waals surface area contributed by atoms with Crippen molar-refractivity contribution in [3.8, 4) is 17.4 Å². The van der Waals surface area contributed by atoms with E-state index in [-0.39, 0.29) is 17.7 Å². The predicted octanol–water partition coefficient (Wildman–Crippen LogP) is 3.91. The Labute approximate surface area is 225 Å². The van der Waals surface area contributed by atoms with Gasteiger partial charge in [-0.1, -0.05) is 37.3 Å². The number of anilines is 2. The lowest BCUT2D eigenvalue weighted by atomic mass is 10.1. The van der Waals surface area contributed by atoms with Crippen LogP contribution in [0.3, 0.4) is 0 Å². The fraction of sp³-hybridized carbons (Fsp3) is 0.250. The van der Waals surface area contributed by atoms with E-state index in [4.69, 9.17) is 25.2 Å². The molecule has 5 aromatic rings. The van der Waals surface area contributed by atoms with E-state index in [9.17, 15) is 4.79 Å². The van der Waals surface area contributed by atoms with Gasteiger partial charge in [0, 0.05) is 37.1 Å². The second-order valence-electron chi connectivity index (χ2n) is 8.89. The number of nitrogens with two attached hydrogens (primary N) is 1. The van der Waals surface area contributed by atoms with Gasteiger partial charge in [-0.05, 0) is 36.6 Å². The summed E-state index contributed by atoms with van der Waals surface area (Å²) >= 11 is 0. The van der Waals surface area contributed by atoms with Crippen LogP contribution < -0.4 is 20.1 Å². The number of hydrogen-bond donors (Lipinski definition) is 1. The molecule has 0 fully saturated rings. The number of nitrogen functional groups attached to an aromatic ring is 1. The molecule has 3 aromatic heterocycles. The van der Waals surface area contributed by atoms with E-state index in [1.165, 1.54) is 4.90 Å². The zero-order valence-corrected chi connectivity index (χ0v) is 22.1. The number of amides is 1. The van der Waals surface area contributed by atoms with Crippen LogP contribution in [0.2, 0.25) is 0 Å². The van der Waals surface area contributed by atoms with Crippen molar-refractivity contribution < 1.29 is 14.3 Å². The number of aromatic nitrogens is 6. The fourth-order valence-corrected chi connectivity index (χ4v) is 4.38. The maximum absolute atomic E-state index is 14.0. The third kappa shape index (κ3) is 5.24. The summed E-state index contributed by atoms with van der Waals surface area (Å²) in [6, 6.07) is 16.8. The Balaban J connectivity index is 1.63. The average Bonchev–Trinajstić information content (AvgIpc) is 3.62. The number of rotatable bonds is 10. The highest BCUT2D eigenvalue weighted by molar-refractivity contribution is 6.06. The quantitative estimate of drug-likeness (QED) is 0.290. The van der Waals surface area contributed by atoms with E-state index in [1.54, 1.807) is 43.3 Å². The van der Waals surface area contributed by atoms with Crippen molar-refractivity contribution in [1.82, 2.24) is 29.3 Å². The van der Waals surface area contributed by atoms with Crippen molar-refractivity contribution in [2.45, 2.75) is 26.3 Å². The van der Waals surface area contributed by atoms with Gasteiger partial charge in [0.25, 0.3) is 5.91 Å². The van der Waals surface area contributed by atoms with Crippen molar-refractivity contribution in [3.05, 3.63) is 78.1 Å². The zero-order chi connectivity index (χ0) is 27.4. The lowest BCUT2D eigenvalue weighted by Gasteiger charge is -2.22. The van der Waals surface area contributed by atoms with Crippen LogP contribution in [-0.2, 0) is 13.0 Å². The van der Waals surface area contributed by atoms with Crippen LogP contribution in [0.25, 0.3) is 17.1 Å². The molecule has 0 aliphatic carbocycles. The number of benzene rings is 2. The first-order chi connectivity index (χ1) is 19.0. The summed E-state index contributed by atoms with van der Waals surface area (Å²) in [5.74, 6) is 1.64. The normalized spacial score (nSPS) is 11.1. The molecule has 200 valence electrons. The summed E-state index contributed by atoms with van der Waals surface area (Å²) in [7, 11) is 3.08. The van der Waals surface area contributed by atoms with Crippen molar-refractivity contribution in [2.75, 3.05) is 31.4 Å². The summed E-state index contributed by atoms with van der Waals surface area (Å²) in [5.41, 5.74) is 8.87. The van der Waals surface area contributed by atoms with Gasteiger partial charge < -0.3 is 15.2 Å². The summed E-state index contributed by atoms with van der Waals surface area (Å²) in [6.45, 7) is 3.02. The van der Waals surface area contributed by atoms with E-state index in [0.29, 0.717) is 53.7 Å². The van der Waals surface area contributed by atoms with Gasteiger partial charge in [-0.25, -0.2) is 9.67 Å². The van der Waals surface area contributed by atoms with Gasteiger partial charge in [-0.2, -0.15) is 15.1 Å². The predicted molar refractivity (Wildman–Crippen MR) is 149 cm³/mol. The standard InChI is InChI=1S/C28H30N8O3/c1-4-13-34-25-23(31-28(34)36-14-8-12-30-36)24(29)32-27(33-25)35(15-11-19-9-6-5-7-10-19)26(37)20-16-21(38-2)18-22(17-20)39-3/h5-10,12,14,16-18H,4,11,13,15H2,1-3H3,(H2,29,32,33). The number of fused-ring (bicyclic) bond motifs is 1. The van der Waals surface area contributed by atoms with Gasteiger partial charge in [0.05, 0.1) is 14.2 Å². The van der Waals surface area contributed by atoms with Crippen molar-refractivity contribution in [2.24, 2.45) is 0 Å². The first-order valence-electron chi connectivity index (χ1n) is 12.6. The molecule has 0 aliphatic heterocycles. The molecule has 0 saturated heterocycles. The Morgan fingerprint density at radius 1 is 1.00 bits per heavy atom. The highest BCUT2D eigenvalue weighted by Gasteiger charge is 2.25. The van der Waals surface area contributed by atoms with Crippen LogP contribution in [-0.4, -0.2) is 56.0 Å². The lowest BCUT2D eigenvalue weighted by Crippen LogP contribution is -2.34. The number of aryl methyl sites for hydroxylation is 1. The Kier molecular flexibility index (Phi) is 7.39. The molecular weight excluding hydrogens is 496 g/mol. The maximum Gasteiger partial charge on any atom is 0.260 e. The molecule has 2 aromatic carbocycles. The van der Waals surface area contributed by atoms with Gasteiger partial charge in [0.2, 0.25) is 11.9 Å². The summed E-state index contributed by atoms with van der Waals surface area (Å²) in [6.07, 6.45) is 4.91. The third-order valence-corrected chi connectivity index (χ3v) is 6.30. The summed E-state index contributed by atoms with van der Waals surface area (Å²) < 4.78 is 14.4. The Hall–Kier alpha value is -4.93. The first kappa shape index (κ1) is 25.7. The van der Waals surface area contributed by atoms with Crippen LogP contribution >= 0.6 is 0 Å². The van der Waals surface area contributed by atoms with E-state index >= 15 is 0 Å². The van der Waals surface area contributed by atoms with Crippen molar-refractivity contribution >= 4 is 28.8 Å². The largest absolute Gasteiger partial charge is 0.497 e. The molecule has 0 saturated carbocycles. The monoisotopic (exact) mass is 526 g/mol. The minimum Gasteiger partial charge on any atom is -0.497 e. The molecule has 0 radical (unpaired) electrons. The zero-order valence-electron chi connectivity index (χ0n) is 22.1. The topological polar surface area (TPSA) is 126 Å². The van der Waals surface area contributed by atoms with Crippen LogP contribution in [0, 0.1) is 0 Å². The molecule has 0 bridgehead atoms. The highest BCUT2D eigenvalue weighted by atomic mass is 16.5. The molecule has 0 atom stereocenters. The van der Waals surface area contributed by atoms with Crippen molar-refractivity contribution in [1.29, 1.82) is 0 Å². The molecule has 2 N–H and O–H groups in total. The minimum absolute atomic E-state index is 0.180. The molecule has 11 heteroatoms. The molecule has 0 spiro atoms. The maximum atomic E-state index is 14.0. The summed E-state index contributed by atoms with van der Waals surface area (Å²) in [4.78, 5) is 29.6. The van der Waals surface area contributed by atoms with E-state index < -0.39 is 0 Å². The number of imidazole rings is 1. The number of hydrogen-bond acceptors (Lipinski definition) is 8. The van der Waals surface area contributed by atoms with E-state index in [1.807, 2.05) is 47.2 Å². The molecular formula is C28H30N8O3. The van der Waals surface area contributed by atoms with Gasteiger partial charge >= 0.3 is 0 Å². The molecule has 0 aliphatic rings. The van der Waals surface area contributed by atoms with Crippen LogP contribution in [0.5, 0.6) is 11.5 Å². The SMILES string of the molecule is CCCn1c(-n2cccn2)nc2c(N)nc(N(CCc3ccccc3)C(=O)c3cc(OC)cc(OC)c3)nc21. The van der Waals surface area contributed by atoms with E-state index in [0.717, 1.165) is 12.0 Å². The Morgan fingerprint density at radius 2 is 1.74 bits per heavy atom. The third-order valence-electron chi connectivity index (χ3n) is 6.30. The molecule has 39 heavy (non-hydrogen) atoms.